The van der Waals surface area contributed by atoms with E-state index in [4.69, 9.17) is 16.3 Å². The molecular formula is C24H20ClF6N3O4. The number of hydrogen-bond donors (Lipinski definition) is 0. The fraction of sp³-hybridized carbons (Fsp3) is 0.375. The lowest BCUT2D eigenvalue weighted by Gasteiger charge is -2.48. The second kappa shape index (κ2) is 10.4. The molecular weight excluding hydrogens is 544 g/mol. The third-order valence-electron chi connectivity index (χ3n) is 6.18. The number of alkyl halides is 6. The van der Waals surface area contributed by atoms with Crippen LogP contribution in [0.15, 0.2) is 42.5 Å². The Balaban J connectivity index is 1.50. The summed E-state index contributed by atoms with van der Waals surface area (Å²) < 4.78 is 83.9. The summed E-state index contributed by atoms with van der Waals surface area (Å²) in [6, 6.07) is 7.64. The minimum absolute atomic E-state index is 0.0201. The van der Waals surface area contributed by atoms with Gasteiger partial charge in [-0.05, 0) is 41.5 Å². The molecule has 14 heteroatoms. The number of piperazine rings is 1. The molecule has 1 atom stereocenters. The third kappa shape index (κ3) is 6.14. The van der Waals surface area contributed by atoms with Crippen LogP contribution in [0.1, 0.15) is 28.7 Å². The number of ether oxygens (including phenoxy) is 1. The molecule has 2 fully saturated rings. The molecule has 2 heterocycles. The van der Waals surface area contributed by atoms with Crippen molar-refractivity contribution in [2.45, 2.75) is 38.1 Å². The molecule has 2 aromatic rings. The van der Waals surface area contributed by atoms with Crippen LogP contribution in [-0.4, -0.2) is 58.4 Å². The number of rotatable bonds is 4. The Morgan fingerprint density at radius 1 is 0.921 bits per heavy atom. The summed E-state index contributed by atoms with van der Waals surface area (Å²) in [6.07, 6.45) is -12.2. The molecule has 4 rings (SSSR count). The highest BCUT2D eigenvalue weighted by molar-refractivity contribution is 6.30. The van der Waals surface area contributed by atoms with Crippen molar-refractivity contribution in [2.75, 3.05) is 19.6 Å². The van der Waals surface area contributed by atoms with Gasteiger partial charge >= 0.3 is 18.4 Å². The van der Waals surface area contributed by atoms with Gasteiger partial charge in [-0.3, -0.25) is 14.5 Å². The van der Waals surface area contributed by atoms with E-state index in [-0.39, 0.29) is 50.5 Å². The molecule has 0 radical (unpaired) electrons. The summed E-state index contributed by atoms with van der Waals surface area (Å²) in [5, 5.41) is 0.500. The van der Waals surface area contributed by atoms with Crippen LogP contribution < -0.4 is 0 Å². The molecule has 204 valence electrons. The first-order chi connectivity index (χ1) is 17.7. The van der Waals surface area contributed by atoms with Crippen LogP contribution in [0.2, 0.25) is 5.02 Å². The lowest BCUT2D eigenvalue weighted by Crippen LogP contribution is -2.67. The summed E-state index contributed by atoms with van der Waals surface area (Å²) in [5.41, 5.74) is -2.82. The van der Waals surface area contributed by atoms with Gasteiger partial charge in [-0.2, -0.15) is 26.3 Å². The molecule has 3 amide bonds. The Morgan fingerprint density at radius 3 is 2.11 bits per heavy atom. The number of carbonyl (C=O) groups excluding carboxylic acids is 3. The molecule has 2 aliphatic rings. The predicted molar refractivity (Wildman–Crippen MR) is 120 cm³/mol. The maximum atomic E-state index is 13.1. The summed E-state index contributed by atoms with van der Waals surface area (Å²) in [6.45, 7) is -1.16. The first kappa shape index (κ1) is 27.6. The highest BCUT2D eigenvalue weighted by Crippen LogP contribution is 2.36. The zero-order chi connectivity index (χ0) is 27.8. The molecule has 38 heavy (non-hydrogen) atoms. The molecule has 0 unspecified atom stereocenters. The van der Waals surface area contributed by atoms with Gasteiger partial charge in [0, 0.05) is 24.5 Å². The third-order valence-corrected chi connectivity index (χ3v) is 6.43. The molecule has 2 aliphatic heterocycles. The van der Waals surface area contributed by atoms with Gasteiger partial charge in [0.25, 0.3) is 0 Å². The molecule has 0 saturated carbocycles. The van der Waals surface area contributed by atoms with E-state index < -0.39 is 47.9 Å². The van der Waals surface area contributed by atoms with Crippen molar-refractivity contribution in [3.63, 3.8) is 0 Å². The predicted octanol–water partition coefficient (Wildman–Crippen LogP) is 4.92. The average molecular weight is 564 g/mol. The van der Waals surface area contributed by atoms with Gasteiger partial charge in [-0.25, -0.2) is 4.79 Å². The van der Waals surface area contributed by atoms with Gasteiger partial charge in [0.05, 0.1) is 17.7 Å². The van der Waals surface area contributed by atoms with Crippen LogP contribution in [0.3, 0.4) is 0 Å². The van der Waals surface area contributed by atoms with Gasteiger partial charge in [-0.15, -0.1) is 0 Å². The summed E-state index contributed by atoms with van der Waals surface area (Å²) in [5.74, 6) is -0.727. The quantitative estimate of drug-likeness (QED) is 0.496. The Bertz CT molecular complexity index is 1200. The molecule has 0 spiro atoms. The van der Waals surface area contributed by atoms with Crippen LogP contribution in [-0.2, 0) is 39.8 Å². The number of nitrogens with zero attached hydrogens (tertiary/aromatic N) is 3. The summed E-state index contributed by atoms with van der Waals surface area (Å²) in [4.78, 5) is 41.8. The van der Waals surface area contributed by atoms with E-state index in [0.29, 0.717) is 17.2 Å². The number of halogens is 7. The van der Waals surface area contributed by atoms with Crippen molar-refractivity contribution in [2.24, 2.45) is 0 Å². The summed E-state index contributed by atoms with van der Waals surface area (Å²) >= 11 is 5.89. The van der Waals surface area contributed by atoms with Crippen LogP contribution >= 0.6 is 11.6 Å². The number of carbonyl (C=O) groups is 3. The van der Waals surface area contributed by atoms with Crippen molar-refractivity contribution in [3.05, 3.63) is 69.7 Å². The highest BCUT2D eigenvalue weighted by atomic mass is 35.5. The number of fused-ring (bicyclic) bond motifs is 1. The van der Waals surface area contributed by atoms with Crippen molar-refractivity contribution in [1.82, 2.24) is 14.7 Å². The Labute approximate surface area is 217 Å². The molecule has 0 N–H and O–H groups in total. The topological polar surface area (TPSA) is 70.2 Å². The minimum Gasteiger partial charge on any atom is -0.444 e. The van der Waals surface area contributed by atoms with E-state index in [1.54, 1.807) is 24.3 Å². The second-order valence-electron chi connectivity index (χ2n) is 8.82. The standard InChI is InChI=1S/C24H20ClF6N3O4/c25-18-3-1-14(2-4-18)10-32-11-19-33(6-5-20(35)34(19)12-21(32)36)22(37)38-13-15-7-16(23(26,27)28)9-17(8-15)24(29,30)31/h1-4,7-9,19H,5-6,10-13H2/t19-/m1/s1. The van der Waals surface area contributed by atoms with Crippen molar-refractivity contribution in [3.8, 4) is 0 Å². The SMILES string of the molecule is O=C1CN2C(=O)CCN(C(=O)OCc3cc(C(F)(F)F)cc(C(F)(F)F)c3)[C@H]2CN1Cc1ccc(Cl)cc1. The lowest BCUT2D eigenvalue weighted by atomic mass is 10.1. The maximum absolute atomic E-state index is 13.1. The largest absolute Gasteiger partial charge is 0.444 e. The zero-order valence-electron chi connectivity index (χ0n) is 19.5. The average Bonchev–Trinajstić information content (AvgIpc) is 2.84. The first-order valence-corrected chi connectivity index (χ1v) is 11.6. The Morgan fingerprint density at radius 2 is 1.53 bits per heavy atom. The fourth-order valence-electron chi connectivity index (χ4n) is 4.29. The van der Waals surface area contributed by atoms with Gasteiger partial charge < -0.3 is 14.5 Å². The Hall–Kier alpha value is -3.48. The first-order valence-electron chi connectivity index (χ1n) is 11.3. The van der Waals surface area contributed by atoms with Gasteiger partial charge in [0.1, 0.15) is 19.3 Å². The molecule has 7 nitrogen and oxygen atoms in total. The van der Waals surface area contributed by atoms with E-state index in [0.717, 1.165) is 10.5 Å². The Kier molecular flexibility index (Phi) is 7.51. The van der Waals surface area contributed by atoms with Gasteiger partial charge in [0.2, 0.25) is 11.8 Å². The second-order valence-corrected chi connectivity index (χ2v) is 9.25. The van der Waals surface area contributed by atoms with Gasteiger partial charge in [-0.1, -0.05) is 23.7 Å². The lowest BCUT2D eigenvalue weighted by molar-refractivity contribution is -0.160. The summed E-state index contributed by atoms with van der Waals surface area (Å²) in [7, 11) is 0. The van der Waals surface area contributed by atoms with E-state index in [1.165, 1.54) is 9.80 Å². The maximum Gasteiger partial charge on any atom is 0.416 e. The van der Waals surface area contributed by atoms with Crippen LogP contribution in [0.25, 0.3) is 0 Å². The normalized spacial score (nSPS) is 18.5. The molecule has 2 saturated heterocycles. The molecule has 0 aromatic heterocycles. The highest BCUT2D eigenvalue weighted by Gasteiger charge is 2.44. The molecule has 0 bridgehead atoms. The number of amides is 3. The van der Waals surface area contributed by atoms with Crippen molar-refractivity contribution >= 4 is 29.5 Å². The minimum atomic E-state index is -5.05. The van der Waals surface area contributed by atoms with Crippen LogP contribution in [0.5, 0.6) is 0 Å². The fourth-order valence-corrected chi connectivity index (χ4v) is 4.41. The van der Waals surface area contributed by atoms with E-state index >= 15 is 0 Å². The van der Waals surface area contributed by atoms with E-state index in [9.17, 15) is 40.7 Å². The number of benzene rings is 2. The molecule has 2 aromatic carbocycles. The monoisotopic (exact) mass is 563 g/mol. The van der Waals surface area contributed by atoms with Gasteiger partial charge in [0.15, 0.2) is 0 Å². The van der Waals surface area contributed by atoms with E-state index in [1.807, 2.05) is 0 Å². The van der Waals surface area contributed by atoms with Crippen LogP contribution in [0, 0.1) is 0 Å². The van der Waals surface area contributed by atoms with Crippen molar-refractivity contribution in [1.29, 1.82) is 0 Å². The molecule has 0 aliphatic carbocycles. The number of hydrogen-bond acceptors (Lipinski definition) is 4. The van der Waals surface area contributed by atoms with Crippen LogP contribution in [0.4, 0.5) is 31.1 Å². The van der Waals surface area contributed by atoms with E-state index in [2.05, 4.69) is 0 Å². The zero-order valence-corrected chi connectivity index (χ0v) is 20.2. The van der Waals surface area contributed by atoms with Crippen molar-refractivity contribution < 1.29 is 45.5 Å². The smallest absolute Gasteiger partial charge is 0.416 e.